The van der Waals surface area contributed by atoms with Crippen LogP contribution in [0.25, 0.3) is 0 Å². The molecule has 0 radical (unpaired) electrons. The van der Waals surface area contributed by atoms with Crippen molar-refractivity contribution in [2.75, 3.05) is 18.0 Å². The van der Waals surface area contributed by atoms with Crippen LogP contribution < -0.4 is 10.2 Å². The molecule has 3 rings (SSSR count). The Morgan fingerprint density at radius 2 is 2.21 bits per heavy atom. The zero-order valence-corrected chi connectivity index (χ0v) is 13.1. The number of rotatable bonds is 4. The first kappa shape index (κ1) is 13.4. The fourth-order valence-corrected chi connectivity index (χ4v) is 3.54. The van der Waals surface area contributed by atoms with Gasteiger partial charge in [0.05, 0.1) is 4.47 Å². The molecule has 2 aliphatic rings. The molecule has 19 heavy (non-hydrogen) atoms. The van der Waals surface area contributed by atoms with Crippen LogP contribution in [-0.4, -0.2) is 30.2 Å². The van der Waals surface area contributed by atoms with Gasteiger partial charge in [-0.15, -0.1) is 0 Å². The molecule has 1 saturated carbocycles. The van der Waals surface area contributed by atoms with E-state index in [1.807, 2.05) is 6.20 Å². The number of aromatic nitrogens is 1. The van der Waals surface area contributed by atoms with Crippen LogP contribution in [0.3, 0.4) is 0 Å². The summed E-state index contributed by atoms with van der Waals surface area (Å²) in [5, 5.41) is 3.65. The van der Waals surface area contributed by atoms with Gasteiger partial charge in [-0.3, -0.25) is 0 Å². The van der Waals surface area contributed by atoms with Crippen molar-refractivity contribution in [3.8, 4) is 0 Å². The Morgan fingerprint density at radius 1 is 1.37 bits per heavy atom. The van der Waals surface area contributed by atoms with Crippen LogP contribution in [0.2, 0.25) is 0 Å². The van der Waals surface area contributed by atoms with E-state index in [-0.39, 0.29) is 0 Å². The molecule has 1 aliphatic carbocycles. The van der Waals surface area contributed by atoms with Gasteiger partial charge in [0.1, 0.15) is 5.82 Å². The number of anilines is 1. The number of piperidine rings is 1. The van der Waals surface area contributed by atoms with E-state index >= 15 is 0 Å². The van der Waals surface area contributed by atoms with Gasteiger partial charge < -0.3 is 10.2 Å². The van der Waals surface area contributed by atoms with Crippen LogP contribution in [-0.2, 0) is 0 Å². The third kappa shape index (κ3) is 3.29. The minimum atomic E-state index is 0.629. The van der Waals surface area contributed by atoms with E-state index in [9.17, 15) is 0 Å². The summed E-state index contributed by atoms with van der Waals surface area (Å²) in [6, 6.07) is 3.51. The van der Waals surface area contributed by atoms with Crippen molar-refractivity contribution < 1.29 is 0 Å². The molecule has 1 atom stereocenters. The smallest absolute Gasteiger partial charge is 0.143 e. The Labute approximate surface area is 123 Å². The van der Waals surface area contributed by atoms with E-state index in [2.05, 4.69) is 44.1 Å². The molecular formula is C15H22BrN3. The first-order chi connectivity index (χ1) is 9.24. The van der Waals surface area contributed by atoms with Crippen molar-refractivity contribution >= 4 is 21.7 Å². The van der Waals surface area contributed by atoms with Crippen LogP contribution in [0.15, 0.2) is 16.7 Å². The molecule has 1 saturated heterocycles. The summed E-state index contributed by atoms with van der Waals surface area (Å²) < 4.78 is 1.13. The summed E-state index contributed by atoms with van der Waals surface area (Å²) in [4.78, 5) is 7.16. The molecule has 0 amide bonds. The van der Waals surface area contributed by atoms with Crippen LogP contribution in [0.4, 0.5) is 5.82 Å². The normalized spacial score (nSPS) is 23.4. The Bertz CT molecular complexity index is 439. The number of nitrogens with one attached hydrogen (secondary N) is 1. The summed E-state index contributed by atoms with van der Waals surface area (Å²) in [5.41, 5.74) is 1.21. The summed E-state index contributed by atoms with van der Waals surface area (Å²) in [6.45, 7) is 4.36. The molecule has 2 heterocycles. The van der Waals surface area contributed by atoms with Gasteiger partial charge in [-0.2, -0.15) is 0 Å². The van der Waals surface area contributed by atoms with Gasteiger partial charge in [0.15, 0.2) is 0 Å². The Balaban J connectivity index is 1.76. The number of pyridine rings is 1. The van der Waals surface area contributed by atoms with Gasteiger partial charge in [0.25, 0.3) is 0 Å². The van der Waals surface area contributed by atoms with Crippen molar-refractivity contribution in [3.05, 3.63) is 22.3 Å². The number of hydrogen-bond acceptors (Lipinski definition) is 3. The van der Waals surface area contributed by atoms with Gasteiger partial charge in [-0.1, -0.05) is 6.42 Å². The molecule has 0 bridgehead atoms. The molecule has 3 nitrogen and oxygen atoms in total. The van der Waals surface area contributed by atoms with Crippen LogP contribution in [0, 0.1) is 6.92 Å². The molecule has 104 valence electrons. The predicted molar refractivity (Wildman–Crippen MR) is 82.7 cm³/mol. The van der Waals surface area contributed by atoms with Crippen LogP contribution >= 0.6 is 15.9 Å². The largest absolute Gasteiger partial charge is 0.351 e. The predicted octanol–water partition coefficient (Wildman–Crippen LogP) is 3.26. The molecule has 0 aromatic carbocycles. The minimum Gasteiger partial charge on any atom is -0.351 e. The first-order valence-electron chi connectivity index (χ1n) is 7.36. The first-order valence-corrected chi connectivity index (χ1v) is 8.15. The van der Waals surface area contributed by atoms with E-state index < -0.39 is 0 Å². The summed E-state index contributed by atoms with van der Waals surface area (Å²) in [5.74, 6) is 1.13. The lowest BCUT2D eigenvalue weighted by Gasteiger charge is -2.32. The van der Waals surface area contributed by atoms with E-state index in [4.69, 9.17) is 0 Å². The Kier molecular flexibility index (Phi) is 4.08. The maximum atomic E-state index is 4.66. The van der Waals surface area contributed by atoms with E-state index in [1.54, 1.807) is 0 Å². The second-order valence-electron chi connectivity index (χ2n) is 5.85. The van der Waals surface area contributed by atoms with Gasteiger partial charge in [0, 0.05) is 24.8 Å². The topological polar surface area (TPSA) is 28.2 Å². The maximum Gasteiger partial charge on any atom is 0.143 e. The van der Waals surface area contributed by atoms with E-state index in [0.29, 0.717) is 12.1 Å². The Hall–Kier alpha value is -0.610. The highest BCUT2D eigenvalue weighted by atomic mass is 79.9. The zero-order chi connectivity index (χ0) is 13.2. The van der Waals surface area contributed by atoms with Crippen molar-refractivity contribution in [1.29, 1.82) is 0 Å². The maximum absolute atomic E-state index is 4.66. The lowest BCUT2D eigenvalue weighted by molar-refractivity contribution is 0.397. The number of hydrogen-bond donors (Lipinski definition) is 1. The van der Waals surface area contributed by atoms with Gasteiger partial charge in [-0.25, -0.2) is 4.98 Å². The number of aryl methyl sites for hydroxylation is 1. The highest BCUT2D eigenvalue weighted by Crippen LogP contribution is 2.35. The monoisotopic (exact) mass is 323 g/mol. The standard InChI is InChI=1S/C15H22BrN3/c1-11-8-14(16)15(18-9-11)19(13-5-6-13)10-12-4-2-3-7-17-12/h8-9,12-13,17H,2-7,10H2,1H3. The molecule has 1 aliphatic heterocycles. The molecule has 1 aromatic heterocycles. The van der Waals surface area contributed by atoms with Gasteiger partial charge in [0.2, 0.25) is 0 Å². The quantitative estimate of drug-likeness (QED) is 0.921. The zero-order valence-electron chi connectivity index (χ0n) is 11.5. The van der Waals surface area contributed by atoms with Gasteiger partial charge >= 0.3 is 0 Å². The summed E-state index contributed by atoms with van der Waals surface area (Å²) in [7, 11) is 0. The third-order valence-electron chi connectivity index (χ3n) is 4.05. The van der Waals surface area contributed by atoms with Crippen molar-refractivity contribution in [1.82, 2.24) is 10.3 Å². The lowest BCUT2D eigenvalue weighted by atomic mass is 10.0. The second-order valence-corrected chi connectivity index (χ2v) is 6.70. The minimum absolute atomic E-state index is 0.629. The van der Waals surface area contributed by atoms with Gasteiger partial charge in [-0.05, 0) is 66.7 Å². The highest BCUT2D eigenvalue weighted by molar-refractivity contribution is 9.10. The molecule has 0 spiro atoms. The lowest BCUT2D eigenvalue weighted by Crippen LogP contribution is -2.45. The molecule has 1 unspecified atom stereocenters. The average Bonchev–Trinajstić information content (AvgIpc) is 3.22. The second kappa shape index (κ2) is 5.80. The summed E-state index contributed by atoms with van der Waals surface area (Å²) in [6.07, 6.45) is 8.59. The molecule has 1 N–H and O–H groups in total. The Morgan fingerprint density at radius 3 is 2.84 bits per heavy atom. The number of nitrogens with zero attached hydrogens (tertiary/aromatic N) is 2. The van der Waals surface area contributed by atoms with Crippen molar-refractivity contribution in [3.63, 3.8) is 0 Å². The van der Waals surface area contributed by atoms with Crippen LogP contribution in [0.5, 0.6) is 0 Å². The average molecular weight is 324 g/mol. The SMILES string of the molecule is Cc1cnc(N(CC2CCCCN2)C2CC2)c(Br)c1. The fourth-order valence-electron chi connectivity index (χ4n) is 2.85. The molecule has 2 fully saturated rings. The molecular weight excluding hydrogens is 302 g/mol. The molecule has 4 heteroatoms. The molecule has 1 aromatic rings. The summed E-state index contributed by atoms with van der Waals surface area (Å²) >= 11 is 3.68. The van der Waals surface area contributed by atoms with Crippen LogP contribution in [0.1, 0.15) is 37.7 Å². The fraction of sp³-hybridized carbons (Fsp3) is 0.667. The van der Waals surface area contributed by atoms with Crippen molar-refractivity contribution in [2.45, 2.75) is 51.1 Å². The van der Waals surface area contributed by atoms with E-state index in [0.717, 1.165) is 16.8 Å². The van der Waals surface area contributed by atoms with E-state index in [1.165, 1.54) is 44.2 Å². The third-order valence-corrected chi connectivity index (χ3v) is 4.63. The number of halogens is 1. The highest BCUT2D eigenvalue weighted by Gasteiger charge is 2.32. The van der Waals surface area contributed by atoms with Crippen molar-refractivity contribution in [2.24, 2.45) is 0 Å².